The van der Waals surface area contributed by atoms with Crippen molar-refractivity contribution in [2.45, 2.75) is 51.9 Å². The molecule has 0 spiro atoms. The van der Waals surface area contributed by atoms with Gasteiger partial charge in [0.2, 0.25) is 0 Å². The van der Waals surface area contributed by atoms with Gasteiger partial charge in [0.05, 0.1) is 25.0 Å². The molecule has 1 aliphatic rings. The molecule has 156 valence electrons. The first-order chi connectivity index (χ1) is 12.6. The number of rotatable bonds is 7. The summed E-state index contributed by atoms with van der Waals surface area (Å²) in [7, 11) is 2.12. The van der Waals surface area contributed by atoms with Gasteiger partial charge in [-0.1, -0.05) is 0 Å². The van der Waals surface area contributed by atoms with Gasteiger partial charge in [-0.3, -0.25) is 10.00 Å². The fourth-order valence-electron chi connectivity index (χ4n) is 2.53. The minimum atomic E-state index is -5.08. The van der Waals surface area contributed by atoms with Gasteiger partial charge in [0.15, 0.2) is 0 Å². The Kier molecular flexibility index (Phi) is 9.75. The number of nitrogens with one attached hydrogen (secondary N) is 1. The summed E-state index contributed by atoms with van der Waals surface area (Å²) >= 11 is 0. The van der Waals surface area contributed by atoms with Crippen LogP contribution in [0, 0.1) is 13.8 Å². The lowest BCUT2D eigenvalue weighted by atomic mass is 10.1. The van der Waals surface area contributed by atoms with Gasteiger partial charge in [-0.2, -0.15) is 18.3 Å². The van der Waals surface area contributed by atoms with Crippen LogP contribution in [0.25, 0.3) is 0 Å². The predicted molar refractivity (Wildman–Crippen MR) is 92.5 cm³/mol. The second-order valence-corrected chi connectivity index (χ2v) is 6.52. The van der Waals surface area contributed by atoms with Crippen molar-refractivity contribution in [1.29, 1.82) is 0 Å². The van der Waals surface area contributed by atoms with E-state index >= 15 is 0 Å². The average Bonchev–Trinajstić information content (AvgIpc) is 2.91. The summed E-state index contributed by atoms with van der Waals surface area (Å²) in [6.45, 7) is 8.34. The maximum absolute atomic E-state index is 10.6. The number of aromatic amines is 1. The largest absolute Gasteiger partial charge is 0.490 e. The number of hydrogen-bond acceptors (Lipinski definition) is 5. The average molecular weight is 395 g/mol. The first-order valence-corrected chi connectivity index (χ1v) is 8.79. The van der Waals surface area contributed by atoms with E-state index in [1.165, 1.54) is 18.4 Å². The fourth-order valence-corrected chi connectivity index (χ4v) is 2.53. The van der Waals surface area contributed by atoms with Gasteiger partial charge in [0, 0.05) is 31.0 Å². The van der Waals surface area contributed by atoms with E-state index in [1.807, 2.05) is 6.92 Å². The van der Waals surface area contributed by atoms with E-state index in [9.17, 15) is 13.2 Å². The van der Waals surface area contributed by atoms with Crippen molar-refractivity contribution in [2.75, 3.05) is 33.4 Å². The normalized spacial score (nSPS) is 17.5. The molecule has 1 fully saturated rings. The lowest BCUT2D eigenvalue weighted by molar-refractivity contribution is -0.192. The van der Waals surface area contributed by atoms with E-state index in [-0.39, 0.29) is 0 Å². The first kappa shape index (κ1) is 23.4. The van der Waals surface area contributed by atoms with Gasteiger partial charge in [0.25, 0.3) is 0 Å². The third-order valence-corrected chi connectivity index (χ3v) is 4.15. The van der Waals surface area contributed by atoms with Gasteiger partial charge >= 0.3 is 12.1 Å². The van der Waals surface area contributed by atoms with Crippen molar-refractivity contribution in [2.24, 2.45) is 0 Å². The number of alkyl halides is 3. The molecule has 2 heterocycles. The highest BCUT2D eigenvalue weighted by atomic mass is 19.4. The summed E-state index contributed by atoms with van der Waals surface area (Å²) < 4.78 is 43.1. The minimum Gasteiger partial charge on any atom is -0.475 e. The zero-order valence-corrected chi connectivity index (χ0v) is 15.9. The highest BCUT2D eigenvalue weighted by Crippen LogP contribution is 2.14. The highest BCUT2D eigenvalue weighted by Gasteiger charge is 2.38. The number of ether oxygens (including phenoxy) is 2. The van der Waals surface area contributed by atoms with E-state index in [2.05, 4.69) is 29.1 Å². The maximum atomic E-state index is 10.6. The number of nitrogens with zero attached hydrogens (tertiary/aromatic N) is 2. The van der Waals surface area contributed by atoms with Crippen molar-refractivity contribution >= 4 is 5.97 Å². The lowest BCUT2D eigenvalue weighted by Gasteiger charge is -2.23. The van der Waals surface area contributed by atoms with Crippen LogP contribution in [-0.4, -0.2) is 71.9 Å². The number of aromatic nitrogens is 2. The number of likely N-dealkylation sites (N-methyl/N-ethyl adjacent to an activating group) is 1. The molecule has 7 nitrogen and oxygen atoms in total. The number of aryl methyl sites for hydroxylation is 2. The zero-order chi connectivity index (χ0) is 20.4. The molecule has 1 aromatic heterocycles. The molecular weight excluding hydrogens is 367 g/mol. The minimum absolute atomic E-state index is 0.312. The maximum Gasteiger partial charge on any atom is 0.490 e. The van der Waals surface area contributed by atoms with Crippen molar-refractivity contribution < 1.29 is 32.5 Å². The van der Waals surface area contributed by atoms with Crippen molar-refractivity contribution in [1.82, 2.24) is 15.1 Å². The second kappa shape index (κ2) is 11.3. The van der Waals surface area contributed by atoms with Crippen LogP contribution in [0.2, 0.25) is 0 Å². The Morgan fingerprint density at radius 2 is 2.07 bits per heavy atom. The zero-order valence-electron chi connectivity index (χ0n) is 15.9. The number of halogens is 3. The molecule has 10 heteroatoms. The molecule has 1 atom stereocenters. The topological polar surface area (TPSA) is 87.7 Å². The number of carboxylic acids is 1. The number of carbonyl (C=O) groups is 1. The summed E-state index contributed by atoms with van der Waals surface area (Å²) in [5, 5.41) is 14.4. The second-order valence-electron chi connectivity index (χ2n) is 6.52. The molecule has 0 aromatic carbocycles. The molecule has 1 aromatic rings. The van der Waals surface area contributed by atoms with Gasteiger partial charge in [-0.15, -0.1) is 0 Å². The van der Waals surface area contributed by atoms with E-state index in [0.717, 1.165) is 50.7 Å². The van der Waals surface area contributed by atoms with Crippen LogP contribution in [0.3, 0.4) is 0 Å². The number of hydrogen-bond donors (Lipinski definition) is 2. The molecule has 2 rings (SSSR count). The monoisotopic (exact) mass is 395 g/mol. The number of carboxylic acid groups (broad SMARTS) is 1. The summed E-state index contributed by atoms with van der Waals surface area (Å²) in [4.78, 5) is 11.2. The van der Waals surface area contributed by atoms with E-state index in [4.69, 9.17) is 19.4 Å². The van der Waals surface area contributed by atoms with Crippen molar-refractivity contribution in [3.8, 4) is 0 Å². The van der Waals surface area contributed by atoms with Crippen molar-refractivity contribution in [3.63, 3.8) is 0 Å². The summed E-state index contributed by atoms with van der Waals surface area (Å²) in [5.41, 5.74) is 3.54. The Hall–Kier alpha value is -1.65. The van der Waals surface area contributed by atoms with Crippen molar-refractivity contribution in [3.05, 3.63) is 17.0 Å². The Labute approximate surface area is 156 Å². The van der Waals surface area contributed by atoms with Gasteiger partial charge in [-0.25, -0.2) is 4.79 Å². The van der Waals surface area contributed by atoms with Gasteiger partial charge in [-0.05, 0) is 40.2 Å². The fraction of sp³-hybridized carbons (Fsp3) is 0.765. The van der Waals surface area contributed by atoms with E-state index < -0.39 is 12.1 Å². The Morgan fingerprint density at radius 3 is 2.56 bits per heavy atom. The van der Waals surface area contributed by atoms with E-state index in [0.29, 0.717) is 6.10 Å². The molecule has 27 heavy (non-hydrogen) atoms. The molecule has 0 saturated carbocycles. The van der Waals surface area contributed by atoms with Gasteiger partial charge < -0.3 is 14.6 Å². The Balaban J connectivity index is 0.000000445. The van der Waals surface area contributed by atoms with E-state index in [1.54, 1.807) is 0 Å². The molecule has 0 amide bonds. The number of aliphatic carboxylic acids is 1. The molecule has 0 bridgehead atoms. The molecule has 1 aliphatic heterocycles. The summed E-state index contributed by atoms with van der Waals surface area (Å²) in [5.74, 6) is -2.76. The Bertz CT molecular complexity index is 553. The molecular formula is C17H28F3N3O4. The van der Waals surface area contributed by atoms with Crippen LogP contribution in [0.5, 0.6) is 0 Å². The molecule has 2 N–H and O–H groups in total. The van der Waals surface area contributed by atoms with Crippen LogP contribution in [0.15, 0.2) is 0 Å². The summed E-state index contributed by atoms with van der Waals surface area (Å²) in [6.07, 6.45) is -1.16. The van der Waals surface area contributed by atoms with Gasteiger partial charge in [0.1, 0.15) is 0 Å². The molecule has 1 unspecified atom stereocenters. The van der Waals surface area contributed by atoms with Crippen LogP contribution in [0.4, 0.5) is 13.2 Å². The molecule has 1 saturated heterocycles. The highest BCUT2D eigenvalue weighted by molar-refractivity contribution is 5.73. The van der Waals surface area contributed by atoms with Crippen LogP contribution in [-0.2, 0) is 20.8 Å². The predicted octanol–water partition coefficient (Wildman–Crippen LogP) is 2.68. The third-order valence-electron chi connectivity index (χ3n) is 4.15. The quantitative estimate of drug-likeness (QED) is 0.691. The number of H-pyrrole nitrogens is 1. The smallest absolute Gasteiger partial charge is 0.475 e. The third kappa shape index (κ3) is 9.21. The van der Waals surface area contributed by atoms with Crippen LogP contribution < -0.4 is 0 Å². The summed E-state index contributed by atoms with van der Waals surface area (Å²) in [6, 6.07) is 0. The molecule has 0 aliphatic carbocycles. The first-order valence-electron chi connectivity index (χ1n) is 8.79. The SMILES string of the molecule is Cc1n[nH]c(C)c1CN(C)CCOCC1CCCCO1.O=C(O)C(F)(F)F. The Morgan fingerprint density at radius 1 is 1.41 bits per heavy atom. The van der Waals surface area contributed by atoms with Crippen LogP contribution in [0.1, 0.15) is 36.2 Å². The standard InChI is InChI=1S/C15H27N3O2.C2HF3O2/c1-12-15(13(2)17-16-12)10-18(3)7-9-19-11-14-6-4-5-8-20-14;3-2(4,5)1(6)7/h14H,4-11H2,1-3H3,(H,16,17);(H,6,7). The molecule has 0 radical (unpaired) electrons. The van der Waals surface area contributed by atoms with Crippen LogP contribution >= 0.6 is 0 Å². The lowest BCUT2D eigenvalue weighted by Crippen LogP contribution is -2.28.